The van der Waals surface area contributed by atoms with Gasteiger partial charge in [-0.3, -0.25) is 4.98 Å². The molecule has 0 bridgehead atoms. The monoisotopic (exact) mass is 280 g/mol. The van der Waals surface area contributed by atoms with Crippen LogP contribution in [0.1, 0.15) is 17.0 Å². The molecule has 1 aromatic carbocycles. The molecule has 5 heteroatoms. The van der Waals surface area contributed by atoms with Gasteiger partial charge in [-0.1, -0.05) is 17.3 Å². The molecule has 3 aromatic rings. The minimum Gasteiger partial charge on any atom is -0.334 e. The van der Waals surface area contributed by atoms with Gasteiger partial charge in [0.2, 0.25) is 0 Å². The molecule has 21 heavy (non-hydrogen) atoms. The lowest BCUT2D eigenvalue weighted by Gasteiger charge is -2.00. The minimum atomic E-state index is 0.540. The fourth-order valence-corrected chi connectivity index (χ4v) is 2.15. The Kier molecular flexibility index (Phi) is 4.02. The molecule has 2 heterocycles. The zero-order valence-corrected chi connectivity index (χ0v) is 11.6. The summed E-state index contributed by atoms with van der Waals surface area (Å²) in [5.41, 5.74) is 8.78. The molecule has 0 spiro atoms. The van der Waals surface area contributed by atoms with Crippen LogP contribution in [0.5, 0.6) is 0 Å². The van der Waals surface area contributed by atoms with E-state index in [-0.39, 0.29) is 0 Å². The Bertz CT molecular complexity index is 709. The van der Waals surface area contributed by atoms with Gasteiger partial charge in [0.15, 0.2) is 5.82 Å². The summed E-state index contributed by atoms with van der Waals surface area (Å²) < 4.78 is 5.35. The first-order valence-electron chi connectivity index (χ1n) is 6.86. The molecule has 3 rings (SSSR count). The normalized spacial score (nSPS) is 10.7. The third-order valence-corrected chi connectivity index (χ3v) is 3.19. The van der Waals surface area contributed by atoms with E-state index < -0.39 is 0 Å². The van der Waals surface area contributed by atoms with E-state index >= 15 is 0 Å². The summed E-state index contributed by atoms with van der Waals surface area (Å²) in [4.78, 5) is 8.44. The highest BCUT2D eigenvalue weighted by Crippen LogP contribution is 2.19. The van der Waals surface area contributed by atoms with E-state index in [1.54, 1.807) is 12.4 Å². The molecule has 0 unspecified atom stereocenters. The van der Waals surface area contributed by atoms with Crippen LogP contribution in [0.4, 0.5) is 0 Å². The number of aromatic nitrogens is 3. The van der Waals surface area contributed by atoms with Crippen LogP contribution >= 0.6 is 0 Å². The standard InChI is InChI=1S/C16H16N4O/c17-7-4-12-2-1-3-14(10-12)16-19-15(20-21-16)11-13-5-8-18-9-6-13/h1-3,5-6,8-10H,4,7,11,17H2. The van der Waals surface area contributed by atoms with Crippen LogP contribution in [0.2, 0.25) is 0 Å². The van der Waals surface area contributed by atoms with Crippen LogP contribution in [0.25, 0.3) is 11.5 Å². The van der Waals surface area contributed by atoms with Crippen LogP contribution in [-0.2, 0) is 12.8 Å². The van der Waals surface area contributed by atoms with Gasteiger partial charge in [-0.25, -0.2) is 0 Å². The molecule has 0 radical (unpaired) electrons. The second-order valence-electron chi connectivity index (χ2n) is 4.79. The lowest BCUT2D eigenvalue weighted by molar-refractivity contribution is 0.424. The van der Waals surface area contributed by atoms with Crippen LogP contribution in [-0.4, -0.2) is 21.7 Å². The van der Waals surface area contributed by atoms with E-state index in [1.807, 2.05) is 36.4 Å². The average molecular weight is 280 g/mol. The van der Waals surface area contributed by atoms with Crippen LogP contribution < -0.4 is 5.73 Å². The lowest BCUT2D eigenvalue weighted by Crippen LogP contribution is -2.02. The van der Waals surface area contributed by atoms with Gasteiger partial charge in [0, 0.05) is 24.4 Å². The summed E-state index contributed by atoms with van der Waals surface area (Å²) in [5, 5.41) is 4.03. The van der Waals surface area contributed by atoms with Gasteiger partial charge in [-0.15, -0.1) is 0 Å². The van der Waals surface area contributed by atoms with Crippen molar-refractivity contribution < 1.29 is 4.52 Å². The van der Waals surface area contributed by atoms with Gasteiger partial charge in [0.05, 0.1) is 0 Å². The van der Waals surface area contributed by atoms with Crippen molar-refractivity contribution in [3.8, 4) is 11.5 Å². The summed E-state index contributed by atoms with van der Waals surface area (Å²) in [6, 6.07) is 11.9. The summed E-state index contributed by atoms with van der Waals surface area (Å²) in [7, 11) is 0. The summed E-state index contributed by atoms with van der Waals surface area (Å²) in [5.74, 6) is 1.21. The van der Waals surface area contributed by atoms with Gasteiger partial charge >= 0.3 is 0 Å². The first-order chi connectivity index (χ1) is 10.3. The zero-order chi connectivity index (χ0) is 14.5. The van der Waals surface area contributed by atoms with Gasteiger partial charge < -0.3 is 10.3 Å². The Morgan fingerprint density at radius 3 is 2.71 bits per heavy atom. The van der Waals surface area contributed by atoms with Gasteiger partial charge in [-0.2, -0.15) is 4.98 Å². The highest BCUT2D eigenvalue weighted by atomic mass is 16.5. The molecular formula is C16H16N4O. The molecule has 5 nitrogen and oxygen atoms in total. The van der Waals surface area contributed by atoms with Gasteiger partial charge in [-0.05, 0) is 48.4 Å². The zero-order valence-electron chi connectivity index (χ0n) is 11.6. The Labute approximate surface area is 122 Å². The van der Waals surface area contributed by atoms with Gasteiger partial charge in [0.1, 0.15) is 0 Å². The molecule has 0 aliphatic rings. The first kappa shape index (κ1) is 13.5. The number of hydrogen-bond donors (Lipinski definition) is 1. The average Bonchev–Trinajstić information content (AvgIpc) is 2.97. The van der Waals surface area contributed by atoms with Crippen LogP contribution in [0, 0.1) is 0 Å². The highest BCUT2D eigenvalue weighted by Gasteiger charge is 2.09. The maximum Gasteiger partial charge on any atom is 0.257 e. The lowest BCUT2D eigenvalue weighted by atomic mass is 10.1. The van der Waals surface area contributed by atoms with E-state index in [2.05, 4.69) is 15.1 Å². The SMILES string of the molecule is NCCc1cccc(-c2nc(Cc3ccncc3)no2)c1. The van der Waals surface area contributed by atoms with Crippen molar-refractivity contribution in [1.82, 2.24) is 15.1 Å². The smallest absolute Gasteiger partial charge is 0.257 e. The Hall–Kier alpha value is -2.53. The number of rotatable bonds is 5. The van der Waals surface area contributed by atoms with Crippen molar-refractivity contribution in [3.63, 3.8) is 0 Å². The molecule has 0 aliphatic carbocycles. The number of pyridine rings is 1. The second kappa shape index (κ2) is 6.28. The molecule has 2 N–H and O–H groups in total. The van der Waals surface area contributed by atoms with E-state index in [0.29, 0.717) is 24.7 Å². The molecular weight excluding hydrogens is 264 g/mol. The summed E-state index contributed by atoms with van der Waals surface area (Å²) >= 11 is 0. The van der Waals surface area contributed by atoms with Crippen LogP contribution in [0.3, 0.4) is 0 Å². The van der Waals surface area contributed by atoms with E-state index in [0.717, 1.165) is 17.5 Å². The predicted molar refractivity (Wildman–Crippen MR) is 79.5 cm³/mol. The van der Waals surface area contributed by atoms with Crippen molar-refractivity contribution >= 4 is 0 Å². The maximum absolute atomic E-state index is 5.58. The van der Waals surface area contributed by atoms with Crippen molar-refractivity contribution in [2.24, 2.45) is 5.73 Å². The van der Waals surface area contributed by atoms with Crippen molar-refractivity contribution in [3.05, 3.63) is 65.7 Å². The molecule has 2 aromatic heterocycles. The Balaban J connectivity index is 1.80. The largest absolute Gasteiger partial charge is 0.334 e. The third kappa shape index (κ3) is 3.32. The Morgan fingerprint density at radius 1 is 1.05 bits per heavy atom. The van der Waals surface area contributed by atoms with Crippen molar-refractivity contribution in [1.29, 1.82) is 0 Å². The molecule has 0 saturated carbocycles. The first-order valence-corrected chi connectivity index (χ1v) is 6.86. The van der Waals surface area contributed by atoms with Gasteiger partial charge in [0.25, 0.3) is 5.89 Å². The van der Waals surface area contributed by atoms with E-state index in [4.69, 9.17) is 10.3 Å². The number of hydrogen-bond acceptors (Lipinski definition) is 5. The predicted octanol–water partition coefficient (Wildman–Crippen LogP) is 2.22. The minimum absolute atomic E-state index is 0.540. The topological polar surface area (TPSA) is 77.8 Å². The number of nitrogens with two attached hydrogens (primary N) is 1. The number of benzene rings is 1. The quantitative estimate of drug-likeness (QED) is 0.775. The van der Waals surface area contributed by atoms with Crippen LogP contribution in [0.15, 0.2) is 53.3 Å². The third-order valence-electron chi connectivity index (χ3n) is 3.19. The van der Waals surface area contributed by atoms with Crippen molar-refractivity contribution in [2.45, 2.75) is 12.8 Å². The fraction of sp³-hybridized carbons (Fsp3) is 0.188. The van der Waals surface area contributed by atoms with E-state index in [9.17, 15) is 0 Å². The molecule has 0 aliphatic heterocycles. The molecule has 0 saturated heterocycles. The summed E-state index contributed by atoms with van der Waals surface area (Å²) in [6.07, 6.45) is 4.99. The molecule has 0 atom stereocenters. The highest BCUT2D eigenvalue weighted by molar-refractivity contribution is 5.54. The molecule has 106 valence electrons. The fourth-order valence-electron chi connectivity index (χ4n) is 2.15. The molecule has 0 fully saturated rings. The Morgan fingerprint density at radius 2 is 1.90 bits per heavy atom. The molecule has 0 amide bonds. The van der Waals surface area contributed by atoms with Crippen molar-refractivity contribution in [2.75, 3.05) is 6.54 Å². The maximum atomic E-state index is 5.58. The summed E-state index contributed by atoms with van der Waals surface area (Å²) in [6.45, 7) is 0.626. The van der Waals surface area contributed by atoms with E-state index in [1.165, 1.54) is 5.56 Å². The second-order valence-corrected chi connectivity index (χ2v) is 4.79. The number of nitrogens with zero attached hydrogens (tertiary/aromatic N) is 3.